The van der Waals surface area contributed by atoms with Gasteiger partial charge in [-0.05, 0) is 42.8 Å². The molecule has 1 rings (SSSR count). The van der Waals surface area contributed by atoms with Gasteiger partial charge in [-0.25, -0.2) is 0 Å². The zero-order valence-electron chi connectivity index (χ0n) is 10.3. The van der Waals surface area contributed by atoms with E-state index in [4.69, 9.17) is 16.3 Å². The number of hydrogen-bond acceptors (Lipinski definition) is 3. The predicted molar refractivity (Wildman–Crippen MR) is 80.6 cm³/mol. The molecule has 1 N–H and O–H groups in total. The van der Waals surface area contributed by atoms with Crippen molar-refractivity contribution in [3.8, 4) is 0 Å². The van der Waals surface area contributed by atoms with Crippen LogP contribution in [0.4, 0.5) is 5.69 Å². The fourth-order valence-corrected chi connectivity index (χ4v) is 2.34. The Bertz CT molecular complexity index is 433. The Morgan fingerprint density at radius 1 is 1.47 bits per heavy atom. The van der Waals surface area contributed by atoms with E-state index in [0.29, 0.717) is 13.2 Å². The molecule has 0 heterocycles. The third-order valence-electron chi connectivity index (χ3n) is 2.46. The highest BCUT2D eigenvalue weighted by Gasteiger charge is 2.08. The first-order valence-corrected chi connectivity index (χ1v) is 9.10. The second kappa shape index (κ2) is 6.21. The number of nitrogens with zero attached hydrogens (tertiary/aromatic N) is 1. The standard InChI is InChI=1S/C11H18NO2PS2/c1-9-4-5-10(2)11(8-9)12(3)6-7-14-15(13,16)17/h4-5,8H,6-7H2,1-3H3,(H2,13,16,17). The lowest BCUT2D eigenvalue weighted by atomic mass is 10.1. The summed E-state index contributed by atoms with van der Waals surface area (Å²) in [5, 5.41) is 0. The van der Waals surface area contributed by atoms with E-state index in [1.165, 1.54) is 16.8 Å². The molecule has 0 aliphatic carbocycles. The van der Waals surface area contributed by atoms with Gasteiger partial charge in [0.1, 0.15) is 0 Å². The van der Waals surface area contributed by atoms with Gasteiger partial charge in [0.05, 0.1) is 6.61 Å². The molecule has 0 saturated carbocycles. The maximum atomic E-state index is 9.25. The average molecular weight is 291 g/mol. The number of rotatable bonds is 5. The van der Waals surface area contributed by atoms with Crippen LogP contribution in [0.15, 0.2) is 18.2 Å². The van der Waals surface area contributed by atoms with Gasteiger partial charge in [-0.3, -0.25) is 0 Å². The van der Waals surface area contributed by atoms with E-state index >= 15 is 0 Å². The molecule has 0 aliphatic rings. The molecule has 0 aliphatic heterocycles. The van der Waals surface area contributed by atoms with Crippen LogP contribution in [0.1, 0.15) is 11.1 Å². The minimum Gasteiger partial charge on any atom is -0.372 e. The number of hydrogen-bond donors (Lipinski definition) is 2. The Hall–Kier alpha value is -0.0600. The third-order valence-corrected chi connectivity index (χ3v) is 3.64. The lowest BCUT2D eigenvalue weighted by molar-refractivity contribution is 0.328. The van der Waals surface area contributed by atoms with E-state index in [-0.39, 0.29) is 0 Å². The highest BCUT2D eigenvalue weighted by atomic mass is 32.9. The molecule has 1 atom stereocenters. The summed E-state index contributed by atoms with van der Waals surface area (Å²) in [6.07, 6.45) is 0. The fourth-order valence-electron chi connectivity index (χ4n) is 1.55. The molecule has 0 aromatic heterocycles. The predicted octanol–water partition coefficient (Wildman–Crippen LogP) is 2.90. The quantitative estimate of drug-likeness (QED) is 0.645. The van der Waals surface area contributed by atoms with E-state index in [1.807, 2.05) is 7.05 Å². The van der Waals surface area contributed by atoms with Gasteiger partial charge in [0.2, 0.25) is 5.69 Å². The lowest BCUT2D eigenvalue weighted by Gasteiger charge is -2.22. The van der Waals surface area contributed by atoms with Crippen LogP contribution in [0.2, 0.25) is 0 Å². The maximum Gasteiger partial charge on any atom is 0.241 e. The largest absolute Gasteiger partial charge is 0.372 e. The number of thiol groups is 1. The van der Waals surface area contributed by atoms with Gasteiger partial charge in [-0.2, -0.15) is 0 Å². The Labute approximate surface area is 113 Å². The van der Waals surface area contributed by atoms with E-state index in [9.17, 15) is 4.89 Å². The highest BCUT2D eigenvalue weighted by Crippen LogP contribution is 2.46. The summed E-state index contributed by atoms with van der Waals surface area (Å²) < 4.78 is 5.10. The first-order chi connectivity index (χ1) is 7.79. The molecule has 6 heteroatoms. The summed E-state index contributed by atoms with van der Waals surface area (Å²) in [4.78, 5) is 11.3. The number of benzene rings is 1. The molecular formula is C11H18NO2PS2. The van der Waals surface area contributed by atoms with Gasteiger partial charge in [0.15, 0.2) is 0 Å². The second-order valence-corrected chi connectivity index (χ2v) is 9.20. The van der Waals surface area contributed by atoms with Crippen molar-refractivity contribution in [1.82, 2.24) is 0 Å². The summed E-state index contributed by atoms with van der Waals surface area (Å²) in [5.41, 5.74) is 0.769. The van der Waals surface area contributed by atoms with Crippen molar-refractivity contribution in [1.29, 1.82) is 0 Å². The van der Waals surface area contributed by atoms with Crippen LogP contribution in [0, 0.1) is 13.8 Å². The highest BCUT2D eigenvalue weighted by molar-refractivity contribution is 8.59. The zero-order valence-corrected chi connectivity index (χ0v) is 12.9. The van der Waals surface area contributed by atoms with Crippen LogP contribution in [0.25, 0.3) is 0 Å². The normalized spacial score (nSPS) is 14.4. The summed E-state index contributed by atoms with van der Waals surface area (Å²) >= 11 is 8.51. The van der Waals surface area contributed by atoms with Crippen LogP contribution < -0.4 is 4.90 Å². The summed E-state index contributed by atoms with van der Waals surface area (Å²) in [6.45, 7) is 5.18. The first-order valence-electron chi connectivity index (χ1n) is 5.28. The van der Waals surface area contributed by atoms with E-state index in [2.05, 4.69) is 49.2 Å². The first kappa shape index (κ1) is 15.0. The van der Waals surface area contributed by atoms with Crippen molar-refractivity contribution in [2.75, 3.05) is 25.1 Å². The van der Waals surface area contributed by atoms with Gasteiger partial charge in [0.25, 0.3) is 0 Å². The summed E-state index contributed by atoms with van der Waals surface area (Å²) in [7, 11) is 1.99. The van der Waals surface area contributed by atoms with Crippen LogP contribution in [-0.4, -0.2) is 25.1 Å². The van der Waals surface area contributed by atoms with E-state index in [0.717, 1.165) is 0 Å². The molecule has 0 radical (unpaired) electrons. The smallest absolute Gasteiger partial charge is 0.241 e. The maximum absolute atomic E-state index is 9.25. The molecule has 3 nitrogen and oxygen atoms in total. The van der Waals surface area contributed by atoms with E-state index in [1.54, 1.807) is 0 Å². The molecule has 0 spiro atoms. The molecule has 96 valence electrons. The lowest BCUT2D eigenvalue weighted by Crippen LogP contribution is -2.22. The van der Waals surface area contributed by atoms with Crippen molar-refractivity contribution in [3.63, 3.8) is 0 Å². The minimum atomic E-state index is -2.83. The van der Waals surface area contributed by atoms with Crippen LogP contribution in [0.3, 0.4) is 0 Å². The topological polar surface area (TPSA) is 32.7 Å². The molecule has 0 bridgehead atoms. The molecule has 17 heavy (non-hydrogen) atoms. The van der Waals surface area contributed by atoms with Gasteiger partial charge in [-0.15, -0.1) is 0 Å². The molecule has 0 fully saturated rings. The molecule has 1 unspecified atom stereocenters. The average Bonchev–Trinajstić information content (AvgIpc) is 2.19. The number of anilines is 1. The van der Waals surface area contributed by atoms with Gasteiger partial charge in [-0.1, -0.05) is 24.4 Å². The molecule has 1 aromatic rings. The third kappa shape index (κ3) is 5.40. The van der Waals surface area contributed by atoms with Gasteiger partial charge >= 0.3 is 0 Å². The number of likely N-dealkylation sites (N-methyl/N-ethyl adjacent to an activating group) is 1. The van der Waals surface area contributed by atoms with Gasteiger partial charge in [0, 0.05) is 19.3 Å². The van der Waals surface area contributed by atoms with Crippen LogP contribution in [-0.2, 0) is 16.3 Å². The monoisotopic (exact) mass is 291 g/mol. The van der Waals surface area contributed by atoms with E-state index < -0.39 is 5.69 Å². The van der Waals surface area contributed by atoms with Crippen molar-refractivity contribution in [2.24, 2.45) is 0 Å². The number of aryl methyl sites for hydroxylation is 2. The minimum absolute atomic E-state index is 0.376. The fraction of sp³-hybridized carbons (Fsp3) is 0.455. The van der Waals surface area contributed by atoms with Crippen LogP contribution >= 0.6 is 17.9 Å². The Morgan fingerprint density at radius 2 is 2.12 bits per heavy atom. The van der Waals surface area contributed by atoms with Crippen molar-refractivity contribution >= 4 is 35.4 Å². The zero-order chi connectivity index (χ0) is 13.1. The van der Waals surface area contributed by atoms with Crippen molar-refractivity contribution in [3.05, 3.63) is 29.3 Å². The Balaban J connectivity index is 2.61. The van der Waals surface area contributed by atoms with Gasteiger partial charge < -0.3 is 14.3 Å². The summed E-state index contributed by atoms with van der Waals surface area (Å²) in [6, 6.07) is 6.31. The van der Waals surface area contributed by atoms with Crippen LogP contribution in [0.5, 0.6) is 0 Å². The molecule has 0 saturated heterocycles. The molecular weight excluding hydrogens is 273 g/mol. The Morgan fingerprint density at radius 3 is 2.71 bits per heavy atom. The molecule has 0 amide bonds. The molecule has 1 aromatic carbocycles. The SMILES string of the molecule is Cc1ccc(C)c(N(C)CCOP(O)(=S)S)c1. The summed E-state index contributed by atoms with van der Waals surface area (Å²) in [5.74, 6) is 0. The Kier molecular flexibility index (Phi) is 5.48. The second-order valence-electron chi connectivity index (χ2n) is 4.04. The van der Waals surface area contributed by atoms with Crippen molar-refractivity contribution < 1.29 is 9.42 Å². The van der Waals surface area contributed by atoms with Crippen molar-refractivity contribution in [2.45, 2.75) is 13.8 Å².